The first-order valence-electron chi connectivity index (χ1n) is 10.3. The van der Waals surface area contributed by atoms with Crippen LogP contribution in [0.5, 0.6) is 5.88 Å². The van der Waals surface area contributed by atoms with E-state index >= 15 is 0 Å². The zero-order valence-electron chi connectivity index (χ0n) is 17.9. The van der Waals surface area contributed by atoms with Gasteiger partial charge in [-0.15, -0.1) is 10.2 Å². The molecule has 0 aliphatic rings. The molecule has 0 saturated heterocycles. The molecule has 0 unspecified atom stereocenters. The zero-order chi connectivity index (χ0) is 23.1. The van der Waals surface area contributed by atoms with Crippen molar-refractivity contribution in [3.8, 4) is 17.1 Å². The number of azo groups is 1. The number of pyridine rings is 1. The Bertz CT molecular complexity index is 1570. The van der Waals surface area contributed by atoms with Gasteiger partial charge in [-0.3, -0.25) is 4.79 Å². The van der Waals surface area contributed by atoms with Crippen molar-refractivity contribution < 1.29 is 9.90 Å². The van der Waals surface area contributed by atoms with Crippen LogP contribution in [0.2, 0.25) is 0 Å². The van der Waals surface area contributed by atoms with Gasteiger partial charge >= 0.3 is 0 Å². The van der Waals surface area contributed by atoms with Gasteiger partial charge in [0.05, 0.1) is 22.3 Å². The van der Waals surface area contributed by atoms with E-state index in [2.05, 4.69) is 31.1 Å². The van der Waals surface area contributed by atoms with Gasteiger partial charge in [0.25, 0.3) is 5.91 Å². The summed E-state index contributed by atoms with van der Waals surface area (Å²) in [6, 6.07) is 21.0. The van der Waals surface area contributed by atoms with Crippen LogP contribution in [0.1, 0.15) is 21.5 Å². The van der Waals surface area contributed by atoms with E-state index < -0.39 is 5.91 Å². The lowest BCUT2D eigenvalue weighted by Crippen LogP contribution is -1.99. The van der Waals surface area contributed by atoms with Crippen molar-refractivity contribution in [3.63, 3.8) is 0 Å². The van der Waals surface area contributed by atoms with Crippen molar-refractivity contribution in [2.75, 3.05) is 0 Å². The molecule has 0 aliphatic heterocycles. The van der Waals surface area contributed by atoms with Crippen LogP contribution in [-0.4, -0.2) is 21.0 Å². The quantitative estimate of drug-likeness (QED) is 0.254. The standard InChI is InChI=1S/C26H19BrN4O2/c1-14-8-9-21-17(10-14)18(13-22(28-21)16-6-4-3-5-7-16)25(32)31-30-24-19-11-15(2)12-20(27)23(19)29-26(24)33/h3-13,29,33H,1-2H3. The van der Waals surface area contributed by atoms with E-state index in [1.54, 1.807) is 6.07 Å². The first kappa shape index (κ1) is 21.0. The number of aromatic amines is 1. The van der Waals surface area contributed by atoms with Crippen molar-refractivity contribution in [2.24, 2.45) is 10.2 Å². The SMILES string of the molecule is Cc1ccc2nc(-c3ccccc3)cc(C(=O)N=Nc3c(O)[nH]c4c(Br)cc(C)cc34)c2c1. The second-order valence-corrected chi connectivity index (χ2v) is 8.79. The highest BCUT2D eigenvalue weighted by Crippen LogP contribution is 2.39. The van der Waals surface area contributed by atoms with Crippen molar-refractivity contribution in [1.82, 2.24) is 9.97 Å². The summed E-state index contributed by atoms with van der Waals surface area (Å²) in [6.07, 6.45) is 0. The van der Waals surface area contributed by atoms with E-state index in [1.807, 2.05) is 74.5 Å². The third-order valence-corrected chi connectivity index (χ3v) is 6.09. The smallest absolute Gasteiger partial charge is 0.296 e. The minimum absolute atomic E-state index is 0.145. The predicted octanol–water partition coefficient (Wildman–Crippen LogP) is 7.39. The summed E-state index contributed by atoms with van der Waals surface area (Å²) in [7, 11) is 0. The Morgan fingerprint density at radius 3 is 2.52 bits per heavy atom. The minimum Gasteiger partial charge on any atom is -0.493 e. The summed E-state index contributed by atoms with van der Waals surface area (Å²) in [4.78, 5) is 20.9. The molecule has 0 radical (unpaired) electrons. The van der Waals surface area contributed by atoms with Gasteiger partial charge in [-0.2, -0.15) is 0 Å². The fraction of sp³-hybridized carbons (Fsp3) is 0.0769. The van der Waals surface area contributed by atoms with Gasteiger partial charge in [0.15, 0.2) is 5.69 Å². The van der Waals surface area contributed by atoms with Crippen LogP contribution in [0.3, 0.4) is 0 Å². The van der Waals surface area contributed by atoms with Gasteiger partial charge in [0.1, 0.15) is 0 Å². The molecular formula is C26H19BrN4O2. The molecule has 0 saturated carbocycles. The van der Waals surface area contributed by atoms with Crippen LogP contribution in [0, 0.1) is 13.8 Å². The van der Waals surface area contributed by atoms with Crippen molar-refractivity contribution >= 4 is 49.3 Å². The molecule has 0 fully saturated rings. The maximum absolute atomic E-state index is 13.2. The van der Waals surface area contributed by atoms with Crippen molar-refractivity contribution in [2.45, 2.75) is 13.8 Å². The number of nitrogens with one attached hydrogen (secondary N) is 1. The number of H-pyrrole nitrogens is 1. The lowest BCUT2D eigenvalue weighted by molar-refractivity contribution is 0.0996. The number of aromatic nitrogens is 2. The highest BCUT2D eigenvalue weighted by atomic mass is 79.9. The Morgan fingerprint density at radius 1 is 0.970 bits per heavy atom. The second-order valence-electron chi connectivity index (χ2n) is 7.94. The number of amides is 1. The largest absolute Gasteiger partial charge is 0.493 e. The van der Waals surface area contributed by atoms with Gasteiger partial charge in [-0.05, 0) is 65.7 Å². The first-order valence-corrected chi connectivity index (χ1v) is 11.1. The fourth-order valence-electron chi connectivity index (χ4n) is 3.89. The summed E-state index contributed by atoms with van der Waals surface area (Å²) in [5.74, 6) is -0.654. The molecule has 0 bridgehead atoms. The molecule has 33 heavy (non-hydrogen) atoms. The van der Waals surface area contributed by atoms with Crippen LogP contribution in [0.4, 0.5) is 5.69 Å². The van der Waals surface area contributed by atoms with Crippen molar-refractivity contribution in [1.29, 1.82) is 0 Å². The number of aromatic hydroxyl groups is 1. The number of hydrogen-bond donors (Lipinski definition) is 2. The number of rotatable bonds is 3. The number of benzene rings is 3. The molecule has 5 aromatic rings. The summed E-state index contributed by atoms with van der Waals surface area (Å²) in [5, 5.41) is 19.9. The number of hydrogen-bond acceptors (Lipinski definition) is 4. The summed E-state index contributed by atoms with van der Waals surface area (Å²) in [6.45, 7) is 3.90. The molecule has 2 N–H and O–H groups in total. The van der Waals surface area contributed by atoms with E-state index in [1.165, 1.54) is 0 Å². The lowest BCUT2D eigenvalue weighted by Gasteiger charge is -2.08. The fourth-order valence-corrected chi connectivity index (χ4v) is 4.56. The minimum atomic E-state index is -0.509. The van der Waals surface area contributed by atoms with Crippen LogP contribution in [-0.2, 0) is 0 Å². The highest BCUT2D eigenvalue weighted by molar-refractivity contribution is 9.10. The van der Waals surface area contributed by atoms with Gasteiger partial charge < -0.3 is 10.1 Å². The molecule has 3 aromatic carbocycles. The maximum atomic E-state index is 13.2. The monoisotopic (exact) mass is 498 g/mol. The molecule has 2 aromatic heterocycles. The second kappa shape index (κ2) is 8.26. The summed E-state index contributed by atoms with van der Waals surface area (Å²) < 4.78 is 0.795. The third kappa shape index (κ3) is 3.91. The number of fused-ring (bicyclic) bond motifs is 2. The summed E-state index contributed by atoms with van der Waals surface area (Å²) in [5.41, 5.74) is 5.60. The van der Waals surface area contributed by atoms with Crippen LogP contribution in [0.25, 0.3) is 33.1 Å². The average Bonchev–Trinajstić information content (AvgIpc) is 3.12. The van der Waals surface area contributed by atoms with E-state index in [-0.39, 0.29) is 11.6 Å². The van der Waals surface area contributed by atoms with Gasteiger partial charge in [-0.25, -0.2) is 4.98 Å². The Labute approximate surface area is 198 Å². The van der Waals surface area contributed by atoms with Gasteiger partial charge in [0.2, 0.25) is 5.88 Å². The Balaban J connectivity index is 1.63. The molecule has 0 spiro atoms. The molecule has 5 rings (SSSR count). The van der Waals surface area contributed by atoms with Crippen LogP contribution in [0.15, 0.2) is 81.4 Å². The Morgan fingerprint density at radius 2 is 1.73 bits per heavy atom. The van der Waals surface area contributed by atoms with E-state index in [0.29, 0.717) is 33.1 Å². The Hall–Kier alpha value is -3.84. The number of aryl methyl sites for hydroxylation is 2. The molecule has 0 aliphatic carbocycles. The van der Waals surface area contributed by atoms with Gasteiger partial charge in [0, 0.05) is 20.8 Å². The van der Waals surface area contributed by atoms with Crippen LogP contribution >= 0.6 is 15.9 Å². The zero-order valence-corrected chi connectivity index (χ0v) is 19.5. The molecule has 6 nitrogen and oxygen atoms in total. The van der Waals surface area contributed by atoms with Gasteiger partial charge in [-0.1, -0.05) is 42.0 Å². The Kier molecular flexibility index (Phi) is 5.26. The maximum Gasteiger partial charge on any atom is 0.296 e. The molecular weight excluding hydrogens is 480 g/mol. The number of halogens is 1. The van der Waals surface area contributed by atoms with Crippen LogP contribution < -0.4 is 0 Å². The average molecular weight is 499 g/mol. The molecule has 7 heteroatoms. The topological polar surface area (TPSA) is 90.7 Å². The van der Waals surface area contributed by atoms with E-state index in [0.717, 1.165) is 21.2 Å². The highest BCUT2D eigenvalue weighted by Gasteiger charge is 2.17. The molecule has 2 heterocycles. The normalized spacial score (nSPS) is 11.6. The number of nitrogens with zero attached hydrogens (tertiary/aromatic N) is 3. The number of carbonyl (C=O) groups excluding carboxylic acids is 1. The molecule has 162 valence electrons. The van der Waals surface area contributed by atoms with E-state index in [4.69, 9.17) is 4.98 Å². The first-order chi connectivity index (χ1) is 15.9. The molecule has 0 atom stereocenters. The lowest BCUT2D eigenvalue weighted by atomic mass is 10.0. The predicted molar refractivity (Wildman–Crippen MR) is 133 cm³/mol. The third-order valence-electron chi connectivity index (χ3n) is 5.46. The van der Waals surface area contributed by atoms with Crippen molar-refractivity contribution in [3.05, 3.63) is 87.9 Å². The number of carbonyl (C=O) groups is 1. The summed E-state index contributed by atoms with van der Waals surface area (Å²) >= 11 is 3.49. The molecule has 1 amide bonds. The van der Waals surface area contributed by atoms with E-state index in [9.17, 15) is 9.90 Å².